The van der Waals surface area contributed by atoms with Crippen LogP contribution in [-0.2, 0) is 4.74 Å². The fraction of sp³-hybridized carbons (Fsp3) is 1.00. The Morgan fingerprint density at radius 1 is 1.54 bits per heavy atom. The van der Waals surface area contributed by atoms with E-state index in [1.807, 2.05) is 0 Å². The summed E-state index contributed by atoms with van der Waals surface area (Å²) < 4.78 is 5.87. The number of hydrogen-bond donors (Lipinski definition) is 1. The third-order valence-electron chi connectivity index (χ3n) is 2.99. The molecule has 0 aliphatic carbocycles. The summed E-state index contributed by atoms with van der Waals surface area (Å²) in [5.74, 6) is 0.430. The van der Waals surface area contributed by atoms with Crippen LogP contribution < -0.4 is 0 Å². The molecule has 1 heterocycles. The van der Waals surface area contributed by atoms with Crippen molar-refractivity contribution in [2.75, 3.05) is 6.61 Å². The first-order chi connectivity index (χ1) is 6.07. The molecule has 0 aromatic carbocycles. The lowest BCUT2D eigenvalue weighted by molar-refractivity contribution is -0.0279. The molecule has 0 bridgehead atoms. The van der Waals surface area contributed by atoms with Crippen molar-refractivity contribution in [3.63, 3.8) is 0 Å². The fourth-order valence-electron chi connectivity index (χ4n) is 1.99. The van der Waals surface area contributed by atoms with Crippen molar-refractivity contribution in [3.8, 4) is 0 Å². The molecule has 2 nitrogen and oxygen atoms in total. The molecule has 0 spiro atoms. The summed E-state index contributed by atoms with van der Waals surface area (Å²) in [6, 6.07) is 0. The van der Waals surface area contributed by atoms with Gasteiger partial charge >= 0.3 is 0 Å². The van der Waals surface area contributed by atoms with Gasteiger partial charge in [-0.15, -0.1) is 0 Å². The first-order valence-electron chi connectivity index (χ1n) is 5.36. The zero-order valence-electron chi connectivity index (χ0n) is 9.05. The molecule has 2 atom stereocenters. The van der Waals surface area contributed by atoms with E-state index in [1.165, 1.54) is 0 Å². The quantitative estimate of drug-likeness (QED) is 0.730. The lowest BCUT2D eigenvalue weighted by atomic mass is 9.97. The largest absolute Gasteiger partial charge is 0.396 e. The van der Waals surface area contributed by atoms with Crippen LogP contribution >= 0.6 is 0 Å². The van der Waals surface area contributed by atoms with E-state index in [1.54, 1.807) is 0 Å². The lowest BCUT2D eigenvalue weighted by Crippen LogP contribution is -2.22. The molecule has 1 aliphatic rings. The van der Waals surface area contributed by atoms with Gasteiger partial charge in [0.1, 0.15) is 0 Å². The molecule has 0 radical (unpaired) electrons. The second kappa shape index (κ2) is 4.43. The van der Waals surface area contributed by atoms with Gasteiger partial charge in [-0.05, 0) is 39.0 Å². The molecule has 0 saturated carbocycles. The van der Waals surface area contributed by atoms with Crippen LogP contribution in [0.4, 0.5) is 0 Å². The highest BCUT2D eigenvalue weighted by Gasteiger charge is 2.32. The van der Waals surface area contributed by atoms with Crippen LogP contribution in [0.2, 0.25) is 0 Å². The molecule has 0 amide bonds. The number of rotatable bonds is 4. The lowest BCUT2D eigenvalue weighted by Gasteiger charge is -2.21. The van der Waals surface area contributed by atoms with Gasteiger partial charge in [-0.2, -0.15) is 0 Å². The predicted molar refractivity (Wildman–Crippen MR) is 53.7 cm³/mol. The Morgan fingerprint density at radius 2 is 2.23 bits per heavy atom. The third kappa shape index (κ3) is 3.28. The number of aliphatic hydroxyl groups excluding tert-OH is 1. The Hall–Kier alpha value is -0.0800. The minimum absolute atomic E-state index is 0.0679. The molecule has 0 aromatic heterocycles. The molecule has 1 aliphatic heterocycles. The monoisotopic (exact) mass is 186 g/mol. The maximum atomic E-state index is 9.06. The highest BCUT2D eigenvalue weighted by molar-refractivity contribution is 4.81. The average Bonchev–Trinajstić information content (AvgIpc) is 2.41. The molecular formula is C11H22O2. The molecule has 1 N–H and O–H groups in total. The van der Waals surface area contributed by atoms with Gasteiger partial charge in [-0.3, -0.25) is 0 Å². The summed E-state index contributed by atoms with van der Waals surface area (Å²) in [7, 11) is 0. The van der Waals surface area contributed by atoms with Crippen LogP contribution in [-0.4, -0.2) is 23.4 Å². The normalized spacial score (nSPS) is 29.1. The second-order valence-electron chi connectivity index (χ2n) is 4.73. The first kappa shape index (κ1) is 11.0. The van der Waals surface area contributed by atoms with Crippen molar-refractivity contribution < 1.29 is 9.84 Å². The minimum atomic E-state index is 0.0679. The topological polar surface area (TPSA) is 29.5 Å². The van der Waals surface area contributed by atoms with Gasteiger partial charge in [0.15, 0.2) is 0 Å². The molecule has 2 unspecified atom stereocenters. The van der Waals surface area contributed by atoms with Crippen molar-refractivity contribution in [2.45, 2.75) is 58.2 Å². The molecule has 1 fully saturated rings. The third-order valence-corrected chi connectivity index (χ3v) is 2.99. The van der Waals surface area contributed by atoms with Crippen LogP contribution in [0.3, 0.4) is 0 Å². The zero-order chi connectivity index (χ0) is 9.90. The van der Waals surface area contributed by atoms with Gasteiger partial charge < -0.3 is 9.84 Å². The second-order valence-corrected chi connectivity index (χ2v) is 4.73. The van der Waals surface area contributed by atoms with E-state index >= 15 is 0 Å². The Morgan fingerprint density at radius 3 is 2.62 bits per heavy atom. The highest BCUT2D eigenvalue weighted by atomic mass is 16.5. The van der Waals surface area contributed by atoms with Crippen molar-refractivity contribution in [2.24, 2.45) is 5.92 Å². The standard InChI is InChI=1S/C11H22O2/c1-4-9(8-12)7-10-5-6-11(2,3)13-10/h9-10,12H,4-8H2,1-3H3. The van der Waals surface area contributed by atoms with E-state index in [-0.39, 0.29) is 5.60 Å². The van der Waals surface area contributed by atoms with Gasteiger partial charge in [-0.25, -0.2) is 0 Å². The Kier molecular flexibility index (Phi) is 3.74. The van der Waals surface area contributed by atoms with E-state index < -0.39 is 0 Å². The van der Waals surface area contributed by atoms with Crippen molar-refractivity contribution in [1.82, 2.24) is 0 Å². The number of ether oxygens (including phenoxy) is 1. The van der Waals surface area contributed by atoms with Gasteiger partial charge in [0.2, 0.25) is 0 Å². The molecule has 13 heavy (non-hydrogen) atoms. The maximum Gasteiger partial charge on any atom is 0.0631 e. The van der Waals surface area contributed by atoms with Gasteiger partial charge in [0, 0.05) is 6.61 Å². The van der Waals surface area contributed by atoms with Crippen LogP contribution in [0.25, 0.3) is 0 Å². The van der Waals surface area contributed by atoms with Crippen LogP contribution in [0.1, 0.15) is 46.5 Å². The summed E-state index contributed by atoms with van der Waals surface area (Å²) in [6.45, 7) is 6.72. The Bertz CT molecular complexity index is 150. The van der Waals surface area contributed by atoms with Gasteiger partial charge in [-0.1, -0.05) is 13.3 Å². The van der Waals surface area contributed by atoms with Gasteiger partial charge in [0.25, 0.3) is 0 Å². The van der Waals surface area contributed by atoms with Gasteiger partial charge in [0.05, 0.1) is 11.7 Å². The minimum Gasteiger partial charge on any atom is -0.396 e. The molecule has 78 valence electrons. The highest BCUT2D eigenvalue weighted by Crippen LogP contribution is 2.32. The molecular weight excluding hydrogens is 164 g/mol. The predicted octanol–water partition coefficient (Wildman–Crippen LogP) is 2.35. The van der Waals surface area contributed by atoms with Crippen molar-refractivity contribution in [1.29, 1.82) is 0 Å². The van der Waals surface area contributed by atoms with E-state index in [0.29, 0.717) is 18.6 Å². The molecule has 2 heteroatoms. The maximum absolute atomic E-state index is 9.06. The van der Waals surface area contributed by atoms with Crippen LogP contribution in [0.15, 0.2) is 0 Å². The summed E-state index contributed by atoms with van der Waals surface area (Å²) in [6.07, 6.45) is 4.77. The smallest absolute Gasteiger partial charge is 0.0631 e. The van der Waals surface area contributed by atoms with E-state index in [0.717, 1.165) is 25.7 Å². The first-order valence-corrected chi connectivity index (χ1v) is 5.36. The SMILES string of the molecule is CCC(CO)CC1CCC(C)(C)O1. The summed E-state index contributed by atoms with van der Waals surface area (Å²) in [5, 5.41) is 9.06. The molecule has 1 saturated heterocycles. The van der Waals surface area contributed by atoms with Crippen LogP contribution in [0.5, 0.6) is 0 Å². The number of aliphatic hydroxyl groups is 1. The molecule has 1 rings (SSSR count). The fourth-order valence-corrected chi connectivity index (χ4v) is 1.99. The number of hydrogen-bond acceptors (Lipinski definition) is 2. The Balaban J connectivity index is 2.31. The van der Waals surface area contributed by atoms with E-state index in [9.17, 15) is 0 Å². The summed E-state index contributed by atoms with van der Waals surface area (Å²) in [4.78, 5) is 0. The van der Waals surface area contributed by atoms with Crippen molar-refractivity contribution >= 4 is 0 Å². The average molecular weight is 186 g/mol. The Labute approximate surface area is 81.3 Å². The summed E-state index contributed by atoms with van der Waals surface area (Å²) >= 11 is 0. The van der Waals surface area contributed by atoms with Crippen LogP contribution in [0, 0.1) is 5.92 Å². The molecule has 0 aromatic rings. The van der Waals surface area contributed by atoms with Crippen molar-refractivity contribution in [3.05, 3.63) is 0 Å². The summed E-state index contributed by atoms with van der Waals surface area (Å²) in [5.41, 5.74) is 0.0679. The van der Waals surface area contributed by atoms with E-state index in [4.69, 9.17) is 9.84 Å². The van der Waals surface area contributed by atoms with E-state index in [2.05, 4.69) is 20.8 Å². The zero-order valence-corrected chi connectivity index (χ0v) is 9.05.